The number of unbranched alkanes of at least 4 members (excludes halogenated alkanes) is 4. The monoisotopic (exact) mass is 554 g/mol. The van der Waals surface area contributed by atoms with E-state index >= 15 is 0 Å². The van der Waals surface area contributed by atoms with Gasteiger partial charge in [0, 0.05) is 26.2 Å². The Balaban J connectivity index is 1.52. The van der Waals surface area contributed by atoms with Crippen molar-refractivity contribution < 1.29 is 35.8 Å². The Morgan fingerprint density at radius 3 is 0.889 bits per heavy atom. The summed E-state index contributed by atoms with van der Waals surface area (Å²) >= 11 is 0. The van der Waals surface area contributed by atoms with Crippen LogP contribution in [0.25, 0.3) is 0 Å². The molecule has 14 heteroatoms. The van der Waals surface area contributed by atoms with Gasteiger partial charge in [-0.3, -0.25) is 0 Å². The van der Waals surface area contributed by atoms with Crippen LogP contribution in [0.15, 0.2) is 0 Å². The molecule has 4 fully saturated rings. The van der Waals surface area contributed by atoms with Crippen LogP contribution in [-0.4, -0.2) is 97.7 Å². The van der Waals surface area contributed by atoms with E-state index in [1.165, 1.54) is 17.2 Å². The SMILES string of the molecule is CCCCN1[C@@H]2OC(C3O[C@@H]4[C@H](O3)N(CCCC)S(=O)(=O)N4CCCC)O[C@H]2N(CCCC)S1(=O)=O. The molecule has 0 spiro atoms. The number of rotatable bonds is 13. The van der Waals surface area contributed by atoms with E-state index in [9.17, 15) is 16.8 Å². The van der Waals surface area contributed by atoms with Crippen LogP contribution in [0.2, 0.25) is 0 Å². The van der Waals surface area contributed by atoms with Gasteiger partial charge in [0.05, 0.1) is 0 Å². The topological polar surface area (TPSA) is 118 Å². The molecule has 12 nitrogen and oxygen atoms in total. The van der Waals surface area contributed by atoms with Crippen molar-refractivity contribution in [3.05, 3.63) is 0 Å². The van der Waals surface area contributed by atoms with E-state index in [1.807, 2.05) is 27.7 Å². The fourth-order valence-corrected chi connectivity index (χ4v) is 8.64. The van der Waals surface area contributed by atoms with Crippen molar-refractivity contribution in [1.82, 2.24) is 17.2 Å². The van der Waals surface area contributed by atoms with Crippen molar-refractivity contribution in [3.8, 4) is 0 Å². The molecule has 0 amide bonds. The lowest BCUT2D eigenvalue weighted by atomic mass is 10.3. The van der Waals surface area contributed by atoms with Crippen LogP contribution in [0.5, 0.6) is 0 Å². The second-order valence-corrected chi connectivity index (χ2v) is 13.4. The molecule has 0 aromatic heterocycles. The van der Waals surface area contributed by atoms with Crippen LogP contribution in [0.1, 0.15) is 79.1 Å². The van der Waals surface area contributed by atoms with Crippen molar-refractivity contribution >= 4 is 20.4 Å². The van der Waals surface area contributed by atoms with E-state index < -0.39 is 57.9 Å². The molecule has 5 atom stereocenters. The molecule has 0 aromatic rings. The van der Waals surface area contributed by atoms with E-state index in [0.717, 1.165) is 25.7 Å². The molecule has 4 rings (SSSR count). The summed E-state index contributed by atoms with van der Waals surface area (Å²) < 4.78 is 82.8. The lowest BCUT2D eigenvalue weighted by Gasteiger charge is -2.27. The average Bonchev–Trinajstić information content (AvgIpc) is 3.52. The molecule has 1 unspecified atom stereocenters. The molecule has 4 aliphatic rings. The lowest BCUT2D eigenvalue weighted by molar-refractivity contribution is -0.237. The fraction of sp³-hybridized carbons (Fsp3) is 1.00. The van der Waals surface area contributed by atoms with E-state index in [4.69, 9.17) is 18.9 Å². The Labute approximate surface area is 216 Å². The Morgan fingerprint density at radius 2 is 0.694 bits per heavy atom. The Morgan fingerprint density at radius 1 is 0.472 bits per heavy atom. The minimum Gasteiger partial charge on any atom is -0.324 e. The molecule has 210 valence electrons. The molecule has 0 aromatic carbocycles. The maximum absolute atomic E-state index is 13.2. The number of hydrogen-bond donors (Lipinski definition) is 0. The minimum atomic E-state index is -3.71. The highest BCUT2D eigenvalue weighted by Gasteiger charge is 2.63. The minimum absolute atomic E-state index is 0.337. The first-order chi connectivity index (χ1) is 17.2. The van der Waals surface area contributed by atoms with Gasteiger partial charge in [-0.25, -0.2) is 0 Å². The van der Waals surface area contributed by atoms with Gasteiger partial charge in [0.1, 0.15) is 0 Å². The van der Waals surface area contributed by atoms with Crippen LogP contribution >= 0.6 is 0 Å². The Bertz CT molecular complexity index is 816. The quantitative estimate of drug-likeness (QED) is 0.339. The molecular formula is C22H42N4O8S2. The van der Waals surface area contributed by atoms with E-state index in [-0.39, 0.29) is 0 Å². The van der Waals surface area contributed by atoms with E-state index in [0.29, 0.717) is 51.9 Å². The van der Waals surface area contributed by atoms with Gasteiger partial charge in [-0.2, -0.15) is 34.1 Å². The number of ether oxygens (including phenoxy) is 4. The molecule has 0 aliphatic carbocycles. The van der Waals surface area contributed by atoms with Gasteiger partial charge in [-0.05, 0) is 25.7 Å². The zero-order valence-electron chi connectivity index (χ0n) is 21.8. The Hall–Kier alpha value is -0.420. The summed E-state index contributed by atoms with van der Waals surface area (Å²) in [5, 5.41) is 0. The van der Waals surface area contributed by atoms with E-state index in [1.54, 1.807) is 0 Å². The van der Waals surface area contributed by atoms with Crippen LogP contribution < -0.4 is 0 Å². The molecule has 4 saturated heterocycles. The zero-order chi connectivity index (χ0) is 26.1. The smallest absolute Gasteiger partial charge is 0.286 e. The number of hydrogen-bond acceptors (Lipinski definition) is 8. The second-order valence-electron chi connectivity index (χ2n) is 9.72. The normalized spacial score (nSPS) is 35.1. The molecule has 4 aliphatic heterocycles. The van der Waals surface area contributed by atoms with Gasteiger partial charge >= 0.3 is 0 Å². The highest BCUT2D eigenvalue weighted by molar-refractivity contribution is 7.87. The first-order valence-corrected chi connectivity index (χ1v) is 16.2. The largest absolute Gasteiger partial charge is 0.324 e. The predicted octanol–water partition coefficient (Wildman–Crippen LogP) is 1.96. The number of fused-ring (bicyclic) bond motifs is 2. The zero-order valence-corrected chi connectivity index (χ0v) is 23.5. The summed E-state index contributed by atoms with van der Waals surface area (Å²) in [6.45, 7) is 9.37. The third-order valence-electron chi connectivity index (χ3n) is 7.05. The maximum Gasteiger partial charge on any atom is 0.286 e. The van der Waals surface area contributed by atoms with Crippen LogP contribution in [0.4, 0.5) is 0 Å². The van der Waals surface area contributed by atoms with Crippen molar-refractivity contribution in [2.45, 2.75) is 117 Å². The van der Waals surface area contributed by atoms with Crippen molar-refractivity contribution in [2.24, 2.45) is 0 Å². The second kappa shape index (κ2) is 11.8. The van der Waals surface area contributed by atoms with Crippen molar-refractivity contribution in [2.75, 3.05) is 26.2 Å². The van der Waals surface area contributed by atoms with Gasteiger partial charge in [0.15, 0.2) is 24.9 Å². The predicted molar refractivity (Wildman–Crippen MR) is 131 cm³/mol. The molecular weight excluding hydrogens is 512 g/mol. The molecule has 4 heterocycles. The van der Waals surface area contributed by atoms with Gasteiger partial charge in [0.25, 0.3) is 20.4 Å². The lowest BCUT2D eigenvalue weighted by Crippen LogP contribution is -2.44. The first kappa shape index (κ1) is 28.6. The highest BCUT2D eigenvalue weighted by Crippen LogP contribution is 2.43. The van der Waals surface area contributed by atoms with Gasteiger partial charge < -0.3 is 18.9 Å². The molecule has 36 heavy (non-hydrogen) atoms. The first-order valence-electron chi connectivity index (χ1n) is 13.4. The van der Waals surface area contributed by atoms with Gasteiger partial charge in [0.2, 0.25) is 12.6 Å². The fourth-order valence-electron chi connectivity index (χ4n) is 5.00. The van der Waals surface area contributed by atoms with Gasteiger partial charge in [-0.1, -0.05) is 53.4 Å². The summed E-state index contributed by atoms with van der Waals surface area (Å²) in [5.41, 5.74) is 0. The summed E-state index contributed by atoms with van der Waals surface area (Å²) in [5.74, 6) is 0. The average molecular weight is 555 g/mol. The van der Waals surface area contributed by atoms with E-state index in [2.05, 4.69) is 0 Å². The Kier molecular flexibility index (Phi) is 9.34. The summed E-state index contributed by atoms with van der Waals surface area (Å²) in [4.78, 5) is 0. The summed E-state index contributed by atoms with van der Waals surface area (Å²) in [7, 11) is -7.42. The highest BCUT2D eigenvalue weighted by atomic mass is 32.2. The van der Waals surface area contributed by atoms with Gasteiger partial charge in [-0.15, -0.1) is 0 Å². The molecule has 0 radical (unpaired) electrons. The third kappa shape index (κ3) is 5.10. The van der Waals surface area contributed by atoms with Crippen LogP contribution in [0.3, 0.4) is 0 Å². The third-order valence-corrected chi connectivity index (χ3v) is 11.0. The standard InChI is InChI=1S/C22H42N4O8S2/c1-5-9-13-23-17-18(24(14-10-6-2)35(23,27)28)32-21(31-17)22-33-19-20(34-22)26(16-12-8-4)36(29,30)25(19)15-11-7-3/h17-22H,5-16H2,1-4H3/t17-,18-,19-,20+,22?/m1/s1. The summed E-state index contributed by atoms with van der Waals surface area (Å²) in [6.07, 6.45) is 1.05. The summed E-state index contributed by atoms with van der Waals surface area (Å²) in [6, 6.07) is 0. The molecule has 0 bridgehead atoms. The van der Waals surface area contributed by atoms with Crippen LogP contribution in [-0.2, 0) is 39.4 Å². The number of nitrogens with zero attached hydrogens (tertiary/aromatic N) is 4. The maximum atomic E-state index is 13.2. The van der Waals surface area contributed by atoms with Crippen LogP contribution in [0, 0.1) is 0 Å². The van der Waals surface area contributed by atoms with Crippen molar-refractivity contribution in [3.63, 3.8) is 0 Å². The van der Waals surface area contributed by atoms with Crippen molar-refractivity contribution in [1.29, 1.82) is 0 Å². The molecule has 0 N–H and O–H groups in total. The molecule has 0 saturated carbocycles.